The number of nitrogens with zero attached hydrogens (tertiary/aromatic N) is 2. The zero-order valence-electron chi connectivity index (χ0n) is 16.8. The highest BCUT2D eigenvalue weighted by atomic mass is 14.8. The first kappa shape index (κ1) is 19.5. The minimum atomic E-state index is 0.876. The molecule has 2 heteroatoms. The molecule has 1 aromatic carbocycles. The number of benzene rings is 1. The van der Waals surface area contributed by atoms with Crippen LogP contribution in [0.1, 0.15) is 29.4 Å². The summed E-state index contributed by atoms with van der Waals surface area (Å²) in [6.07, 6.45) is 19.0. The second-order valence-electron chi connectivity index (χ2n) is 6.77. The summed E-state index contributed by atoms with van der Waals surface area (Å²) in [6, 6.07) is 8.63. The van der Waals surface area contributed by atoms with Gasteiger partial charge in [-0.15, -0.1) is 0 Å². The molecule has 28 heavy (non-hydrogen) atoms. The molecule has 0 saturated heterocycles. The molecule has 0 aliphatic rings. The molecular weight excluding hydrogens is 340 g/mol. The van der Waals surface area contributed by atoms with Gasteiger partial charge in [-0.05, 0) is 50.5 Å². The molecule has 0 radical (unpaired) electrons. The minimum absolute atomic E-state index is 0.876. The minimum Gasteiger partial charge on any atom is -0.251 e. The number of aryl methyl sites for hydroxylation is 2. The van der Waals surface area contributed by atoms with Crippen LogP contribution in [0.25, 0.3) is 27.9 Å². The van der Waals surface area contributed by atoms with Crippen molar-refractivity contribution in [1.82, 2.24) is 9.97 Å². The Hall–Kier alpha value is -3.26. The third-order valence-corrected chi connectivity index (χ3v) is 4.54. The largest absolute Gasteiger partial charge is 0.251 e. The van der Waals surface area contributed by atoms with Gasteiger partial charge in [0.25, 0.3) is 0 Å². The van der Waals surface area contributed by atoms with Gasteiger partial charge in [0.1, 0.15) is 0 Å². The smallest absolute Gasteiger partial charge is 0.0973 e. The summed E-state index contributed by atoms with van der Waals surface area (Å²) in [6.45, 7) is 9.81. The average Bonchev–Trinajstić information content (AvgIpc) is 2.68. The van der Waals surface area contributed by atoms with Gasteiger partial charge in [-0.25, -0.2) is 0 Å². The molecule has 2 aromatic heterocycles. The lowest BCUT2D eigenvalue weighted by atomic mass is 9.99. The van der Waals surface area contributed by atoms with Gasteiger partial charge in [0.15, 0.2) is 0 Å². The van der Waals surface area contributed by atoms with Crippen molar-refractivity contribution in [3.63, 3.8) is 0 Å². The predicted molar refractivity (Wildman–Crippen MR) is 123 cm³/mol. The fourth-order valence-corrected chi connectivity index (χ4v) is 3.34. The summed E-state index contributed by atoms with van der Waals surface area (Å²) in [7, 11) is 0. The lowest BCUT2D eigenvalue weighted by Gasteiger charge is -2.11. The van der Waals surface area contributed by atoms with Crippen LogP contribution in [0.4, 0.5) is 0 Å². The van der Waals surface area contributed by atoms with E-state index in [4.69, 9.17) is 9.97 Å². The first-order chi connectivity index (χ1) is 13.6. The summed E-state index contributed by atoms with van der Waals surface area (Å²) >= 11 is 0. The van der Waals surface area contributed by atoms with Crippen LogP contribution in [0.5, 0.6) is 0 Å². The van der Waals surface area contributed by atoms with Crippen molar-refractivity contribution in [2.45, 2.75) is 27.2 Å². The molecule has 140 valence electrons. The van der Waals surface area contributed by atoms with E-state index in [9.17, 15) is 0 Å². The SMILES string of the molecule is C=C/C=C\C=C\c1cc(C)nc2c1ccc1c(C/C=C\C=C/C)cc(C)nc12. The molecule has 0 unspecified atom stereocenters. The highest BCUT2D eigenvalue weighted by Gasteiger charge is 2.10. The molecule has 0 saturated carbocycles. The number of rotatable bonds is 6. The van der Waals surface area contributed by atoms with Crippen LogP contribution >= 0.6 is 0 Å². The van der Waals surface area contributed by atoms with Gasteiger partial charge in [0, 0.05) is 22.2 Å². The van der Waals surface area contributed by atoms with Gasteiger partial charge >= 0.3 is 0 Å². The molecule has 0 amide bonds. The molecule has 0 N–H and O–H groups in total. The fourth-order valence-electron chi connectivity index (χ4n) is 3.34. The van der Waals surface area contributed by atoms with Crippen molar-refractivity contribution in [2.75, 3.05) is 0 Å². The number of hydrogen-bond acceptors (Lipinski definition) is 2. The Balaban J connectivity index is 2.19. The maximum Gasteiger partial charge on any atom is 0.0973 e. The molecular formula is C26H26N2. The monoisotopic (exact) mass is 366 g/mol. The lowest BCUT2D eigenvalue weighted by Crippen LogP contribution is -1.95. The first-order valence-corrected chi connectivity index (χ1v) is 9.58. The second kappa shape index (κ2) is 9.09. The standard InChI is InChI=1S/C26H26N2/c1-5-7-9-11-13-21-17-19(3)27-25-23(21)15-16-24-22(14-12-10-8-6-2)18-20(4)28-26(24)25/h5-13,15-18H,1,14H2,2-4H3/b8-6-,9-7-,12-10-,13-11+. The maximum atomic E-state index is 4.85. The topological polar surface area (TPSA) is 25.8 Å². The van der Waals surface area contributed by atoms with E-state index >= 15 is 0 Å². The molecule has 2 heterocycles. The van der Waals surface area contributed by atoms with Crippen LogP contribution in [-0.2, 0) is 6.42 Å². The molecule has 3 rings (SSSR count). The average molecular weight is 367 g/mol. The second-order valence-corrected chi connectivity index (χ2v) is 6.77. The molecule has 0 aliphatic carbocycles. The van der Waals surface area contributed by atoms with Gasteiger partial charge in [0.05, 0.1) is 11.0 Å². The van der Waals surface area contributed by atoms with Crippen molar-refractivity contribution in [1.29, 1.82) is 0 Å². The van der Waals surface area contributed by atoms with Gasteiger partial charge in [-0.3, -0.25) is 9.97 Å². The third kappa shape index (κ3) is 4.34. The number of pyridine rings is 2. The van der Waals surface area contributed by atoms with Crippen molar-refractivity contribution < 1.29 is 0 Å². The maximum absolute atomic E-state index is 4.85. The van der Waals surface area contributed by atoms with Crippen LogP contribution in [0.2, 0.25) is 0 Å². The zero-order valence-corrected chi connectivity index (χ0v) is 16.8. The van der Waals surface area contributed by atoms with E-state index in [-0.39, 0.29) is 0 Å². The number of allylic oxidation sites excluding steroid dienone is 8. The summed E-state index contributed by atoms with van der Waals surface area (Å²) in [4.78, 5) is 9.69. The highest BCUT2D eigenvalue weighted by Crippen LogP contribution is 2.29. The van der Waals surface area contributed by atoms with E-state index in [1.165, 1.54) is 10.9 Å². The third-order valence-electron chi connectivity index (χ3n) is 4.54. The Kier molecular flexibility index (Phi) is 6.33. The predicted octanol–water partition coefficient (Wildman–Crippen LogP) is 6.83. The van der Waals surface area contributed by atoms with Gasteiger partial charge in [-0.2, -0.15) is 0 Å². The lowest BCUT2D eigenvalue weighted by molar-refractivity contribution is 1.19. The number of aromatic nitrogens is 2. The van der Waals surface area contributed by atoms with Crippen LogP contribution in [0.15, 0.2) is 79.5 Å². The molecule has 0 aliphatic heterocycles. The van der Waals surface area contributed by atoms with Crippen molar-refractivity contribution in [2.24, 2.45) is 0 Å². The summed E-state index contributed by atoms with van der Waals surface area (Å²) in [5.74, 6) is 0. The van der Waals surface area contributed by atoms with Crippen LogP contribution in [-0.4, -0.2) is 9.97 Å². The molecule has 3 aromatic rings. The first-order valence-electron chi connectivity index (χ1n) is 9.58. The van der Waals surface area contributed by atoms with Crippen LogP contribution in [0.3, 0.4) is 0 Å². The molecule has 0 bridgehead atoms. The summed E-state index contributed by atoms with van der Waals surface area (Å²) < 4.78 is 0. The Bertz CT molecular complexity index is 1130. The number of fused-ring (bicyclic) bond motifs is 3. The van der Waals surface area contributed by atoms with Crippen LogP contribution in [0, 0.1) is 13.8 Å². The van der Waals surface area contributed by atoms with Crippen LogP contribution < -0.4 is 0 Å². The van der Waals surface area contributed by atoms with E-state index in [2.05, 4.69) is 55.1 Å². The van der Waals surface area contributed by atoms with Crippen molar-refractivity contribution in [3.05, 3.63) is 102 Å². The highest BCUT2D eigenvalue weighted by molar-refractivity contribution is 6.06. The fraction of sp³-hybridized carbons (Fsp3) is 0.154. The Labute approximate surface area is 167 Å². The van der Waals surface area contributed by atoms with E-state index in [1.54, 1.807) is 6.08 Å². The molecule has 0 spiro atoms. The Morgan fingerprint density at radius 3 is 2.32 bits per heavy atom. The summed E-state index contributed by atoms with van der Waals surface area (Å²) in [5, 5.41) is 2.29. The van der Waals surface area contributed by atoms with Gasteiger partial charge in [0.2, 0.25) is 0 Å². The van der Waals surface area contributed by atoms with E-state index in [0.29, 0.717) is 0 Å². The Morgan fingerprint density at radius 2 is 1.57 bits per heavy atom. The summed E-state index contributed by atoms with van der Waals surface area (Å²) in [5.41, 5.74) is 6.38. The van der Waals surface area contributed by atoms with Gasteiger partial charge in [-0.1, -0.05) is 73.4 Å². The van der Waals surface area contributed by atoms with E-state index in [0.717, 1.165) is 39.8 Å². The molecule has 2 nitrogen and oxygen atoms in total. The van der Waals surface area contributed by atoms with Crippen molar-refractivity contribution in [3.8, 4) is 0 Å². The molecule has 0 atom stereocenters. The quantitative estimate of drug-likeness (QED) is 0.353. The van der Waals surface area contributed by atoms with E-state index < -0.39 is 0 Å². The Morgan fingerprint density at radius 1 is 0.857 bits per heavy atom. The van der Waals surface area contributed by atoms with Gasteiger partial charge < -0.3 is 0 Å². The van der Waals surface area contributed by atoms with Crippen molar-refractivity contribution >= 4 is 27.9 Å². The number of hydrogen-bond donors (Lipinski definition) is 0. The normalized spacial score (nSPS) is 12.5. The van der Waals surface area contributed by atoms with E-state index in [1.807, 2.05) is 45.1 Å². The zero-order chi connectivity index (χ0) is 19.9. The molecule has 0 fully saturated rings.